The van der Waals surface area contributed by atoms with Crippen LogP contribution >= 0.6 is 0 Å². The number of hydrogen-bond acceptors (Lipinski definition) is 21. The maximum atomic E-state index is 9.63. The second-order valence-electron chi connectivity index (χ2n) is 7.07. The third kappa shape index (κ3) is 150. The first-order valence-corrected chi connectivity index (χ1v) is 22.6. The molecule has 0 saturated heterocycles. The normalized spacial score (nSPS) is 11.0. The molecule has 0 saturated carbocycles. The maximum absolute atomic E-state index is 9.63. The van der Waals surface area contributed by atoms with E-state index < -0.39 is 157 Å². The van der Waals surface area contributed by atoms with Crippen molar-refractivity contribution >= 4 is 159 Å². The van der Waals surface area contributed by atoms with Gasteiger partial charge >= 0.3 is 88.7 Å². The molecule has 0 aliphatic rings. The molecule has 0 aliphatic carbocycles. The van der Waals surface area contributed by atoms with Crippen LogP contribution in [-0.2, 0) is 70.8 Å². The predicted octanol–water partition coefficient (Wildman–Crippen LogP) is -9.88. The van der Waals surface area contributed by atoms with Crippen molar-refractivity contribution in [3.8, 4) is 0 Å². The van der Waals surface area contributed by atoms with Gasteiger partial charge in [-0.25, -0.2) is 0 Å². The zero-order valence-corrected chi connectivity index (χ0v) is 30.4. The Morgan fingerprint density at radius 3 is 0.269 bits per heavy atom. The summed E-state index contributed by atoms with van der Waals surface area (Å²) in [4.78, 5) is 0. The zero-order chi connectivity index (χ0) is 41.4. The third-order valence-corrected chi connectivity index (χ3v) is 7.33. The fourth-order valence-electron chi connectivity index (χ4n) is 0.808. The molecule has 0 fully saturated rings. The van der Waals surface area contributed by atoms with Crippen molar-refractivity contribution in [2.75, 3.05) is 86.5 Å². The SMILES string of the molecule is O=S(=O)(O)CCO.O=S(=O)(O)CCO.O=S(=O)(O)CCO.O=S(=O)(O)CCO.O=S(=O)(O)CCO.O=S(=O)(O)CCO.O=S(=O)(O)CCO.[NaH].[NaH].[NaH]. The summed E-state index contributed by atoms with van der Waals surface area (Å²) in [6, 6.07) is 0. The minimum atomic E-state index is -3.92. The third-order valence-electron chi connectivity index (χ3n) is 2.44. The molecule has 0 bridgehead atoms. The molecule has 0 heterocycles. The Hall–Kier alpha value is 2.09. The fourth-order valence-corrected chi connectivity index (χ4v) is 2.42. The Labute approximate surface area is 368 Å². The average Bonchev–Trinajstić information content (AvgIpc) is 2.76. The number of rotatable bonds is 14. The summed E-state index contributed by atoms with van der Waals surface area (Å²) in [5.41, 5.74) is 0. The van der Waals surface area contributed by atoms with Gasteiger partial charge in [-0.15, -0.1) is 0 Å². The summed E-state index contributed by atoms with van der Waals surface area (Å²) in [6.07, 6.45) is 0. The molecule has 14 N–H and O–H groups in total. The summed E-state index contributed by atoms with van der Waals surface area (Å²) in [6.45, 7) is -3.70. The van der Waals surface area contributed by atoms with Crippen LogP contribution in [0.1, 0.15) is 0 Å². The van der Waals surface area contributed by atoms with Crippen molar-refractivity contribution < 1.29 is 127 Å². The van der Waals surface area contributed by atoms with E-state index in [0.717, 1.165) is 0 Å². The quantitative estimate of drug-likeness (QED) is 0.0568. The van der Waals surface area contributed by atoms with Gasteiger partial charge in [0, 0.05) is 0 Å². The molecule has 0 aliphatic heterocycles. The van der Waals surface area contributed by atoms with Crippen LogP contribution in [0, 0.1) is 0 Å². The van der Waals surface area contributed by atoms with Gasteiger partial charge in [-0.05, 0) is 0 Å². The van der Waals surface area contributed by atoms with Crippen LogP contribution < -0.4 is 0 Å². The Morgan fingerprint density at radius 1 is 0.212 bits per heavy atom. The van der Waals surface area contributed by atoms with E-state index in [0.29, 0.717) is 0 Å². The first-order chi connectivity index (χ1) is 21.4. The molecule has 314 valence electrons. The molecular formula is C14H45Na3O28S7. The standard InChI is InChI=1S/7C2H6O4S.3Na.3H/c7*3-1-2-7(4,5)6;;;;;;/h7*3H,1-2H2,(H,4,5,6);;;;;;. The van der Waals surface area contributed by atoms with Gasteiger partial charge in [0.15, 0.2) is 0 Å². The summed E-state index contributed by atoms with van der Waals surface area (Å²) < 4.78 is 190. The monoisotopic (exact) mass is 954 g/mol. The van der Waals surface area contributed by atoms with E-state index in [1.165, 1.54) is 0 Å². The summed E-state index contributed by atoms with van der Waals surface area (Å²) in [5.74, 6) is -4.03. The molecule has 0 atom stereocenters. The molecule has 0 spiro atoms. The molecule has 52 heavy (non-hydrogen) atoms. The van der Waals surface area contributed by atoms with Gasteiger partial charge in [-0.2, -0.15) is 58.9 Å². The van der Waals surface area contributed by atoms with E-state index in [9.17, 15) is 58.9 Å². The van der Waals surface area contributed by atoms with Crippen molar-refractivity contribution in [2.45, 2.75) is 0 Å². The van der Waals surface area contributed by atoms with Crippen LogP contribution in [0.25, 0.3) is 0 Å². The second kappa shape index (κ2) is 42.7. The van der Waals surface area contributed by atoms with E-state index in [2.05, 4.69) is 0 Å². The van der Waals surface area contributed by atoms with Crippen molar-refractivity contribution in [1.82, 2.24) is 0 Å². The van der Waals surface area contributed by atoms with Gasteiger partial charge in [0.25, 0.3) is 70.8 Å². The van der Waals surface area contributed by atoms with Crippen LogP contribution in [0.3, 0.4) is 0 Å². The summed E-state index contributed by atoms with van der Waals surface area (Å²) in [5, 5.41) is 55.0. The summed E-state index contributed by atoms with van der Waals surface area (Å²) in [7, 11) is -27.5. The van der Waals surface area contributed by atoms with Crippen LogP contribution in [0.5, 0.6) is 0 Å². The minimum absolute atomic E-state index is 0. The summed E-state index contributed by atoms with van der Waals surface area (Å²) >= 11 is 0. The molecule has 0 unspecified atom stereocenters. The van der Waals surface area contributed by atoms with E-state index in [1.807, 2.05) is 0 Å². The van der Waals surface area contributed by atoms with Crippen LogP contribution in [0.2, 0.25) is 0 Å². The molecule has 0 radical (unpaired) electrons. The zero-order valence-electron chi connectivity index (χ0n) is 24.7. The Balaban J connectivity index is -0.0000000490. The molecule has 0 aromatic carbocycles. The van der Waals surface area contributed by atoms with E-state index in [1.54, 1.807) is 0 Å². The first kappa shape index (κ1) is 78.4. The van der Waals surface area contributed by atoms with Gasteiger partial charge in [-0.3, -0.25) is 31.9 Å². The Bertz CT molecular complexity index is 1210. The molecule has 0 aromatic heterocycles. The van der Waals surface area contributed by atoms with Crippen molar-refractivity contribution in [3.63, 3.8) is 0 Å². The van der Waals surface area contributed by atoms with E-state index >= 15 is 0 Å². The molecule has 0 aromatic rings. The molecular weight excluding hydrogens is 910 g/mol. The number of aliphatic hydroxyl groups excluding tert-OH is 7. The molecule has 28 nitrogen and oxygen atoms in total. The van der Waals surface area contributed by atoms with Crippen molar-refractivity contribution in [3.05, 3.63) is 0 Å². The molecule has 38 heteroatoms. The van der Waals surface area contributed by atoms with E-state index in [4.69, 9.17) is 67.6 Å². The second-order valence-corrected chi connectivity index (χ2v) is 18.1. The van der Waals surface area contributed by atoms with Crippen LogP contribution in [-0.4, -0.2) is 302 Å². The van der Waals surface area contributed by atoms with Crippen LogP contribution in [0.4, 0.5) is 0 Å². The van der Waals surface area contributed by atoms with Gasteiger partial charge in [0.2, 0.25) is 0 Å². The molecule has 0 amide bonds. The van der Waals surface area contributed by atoms with Gasteiger partial charge in [0.05, 0.1) is 86.5 Å². The van der Waals surface area contributed by atoms with Crippen molar-refractivity contribution in [2.24, 2.45) is 0 Å². The van der Waals surface area contributed by atoms with Gasteiger partial charge in [-0.1, -0.05) is 0 Å². The average molecular weight is 955 g/mol. The van der Waals surface area contributed by atoms with Gasteiger partial charge in [0.1, 0.15) is 0 Å². The topological polar surface area (TPSA) is 522 Å². The first-order valence-electron chi connectivity index (χ1n) is 11.3. The van der Waals surface area contributed by atoms with Gasteiger partial charge < -0.3 is 35.7 Å². The predicted molar refractivity (Wildman–Crippen MR) is 186 cm³/mol. The fraction of sp³-hybridized carbons (Fsp3) is 1.00. The number of aliphatic hydroxyl groups is 7. The van der Waals surface area contributed by atoms with E-state index in [-0.39, 0.29) is 88.7 Å². The molecule has 0 rings (SSSR count). The number of hydrogen-bond donors (Lipinski definition) is 14. The van der Waals surface area contributed by atoms with Crippen molar-refractivity contribution in [1.29, 1.82) is 0 Å². The van der Waals surface area contributed by atoms with Crippen LogP contribution in [0.15, 0.2) is 0 Å². The Kier molecular flexibility index (Phi) is 64.4. The Morgan fingerprint density at radius 2 is 0.269 bits per heavy atom.